The summed E-state index contributed by atoms with van der Waals surface area (Å²) in [4.78, 5) is 12.8. The highest BCUT2D eigenvalue weighted by atomic mass is 32.2. The second-order valence-electron chi connectivity index (χ2n) is 7.32. The molecule has 0 aliphatic heterocycles. The van der Waals surface area contributed by atoms with Crippen LogP contribution in [-0.4, -0.2) is 20.9 Å². The lowest BCUT2D eigenvalue weighted by molar-refractivity contribution is 0.102. The molecule has 0 spiro atoms. The molecule has 2 N–H and O–H groups in total. The maximum absolute atomic E-state index is 13.0. The van der Waals surface area contributed by atoms with Crippen LogP contribution in [0, 0.1) is 20.8 Å². The van der Waals surface area contributed by atoms with E-state index in [1.54, 1.807) is 49.4 Å². The number of carbonyl (C=O) groups is 1. The molecule has 3 aromatic rings. The Morgan fingerprint density at radius 2 is 1.71 bits per heavy atom. The van der Waals surface area contributed by atoms with Crippen LogP contribution in [0.4, 0.5) is 11.4 Å². The van der Waals surface area contributed by atoms with Gasteiger partial charge in [-0.2, -0.15) is 0 Å². The molecule has 3 aromatic carbocycles. The molecule has 1 amide bonds. The quantitative estimate of drug-likeness (QED) is 0.540. The molecule has 0 aliphatic rings. The molecule has 0 fully saturated rings. The number of aryl methyl sites for hydroxylation is 3. The van der Waals surface area contributed by atoms with Gasteiger partial charge in [-0.3, -0.25) is 9.52 Å². The van der Waals surface area contributed by atoms with Gasteiger partial charge in [0.2, 0.25) is 0 Å². The molecule has 0 saturated carbocycles. The predicted octanol–water partition coefficient (Wildman–Crippen LogP) is 5.06. The summed E-state index contributed by atoms with van der Waals surface area (Å²) in [5, 5.41) is 2.79. The van der Waals surface area contributed by atoms with E-state index >= 15 is 0 Å². The molecule has 0 atom stereocenters. The first kappa shape index (κ1) is 22.4. The molecule has 0 saturated heterocycles. The van der Waals surface area contributed by atoms with E-state index in [0.29, 0.717) is 29.3 Å². The molecule has 0 unspecified atom stereocenters. The summed E-state index contributed by atoms with van der Waals surface area (Å²) in [6.07, 6.45) is 0. The molecule has 3 rings (SSSR count). The number of rotatable bonds is 7. The van der Waals surface area contributed by atoms with Crippen LogP contribution in [0.2, 0.25) is 0 Å². The minimum absolute atomic E-state index is 0.0585. The summed E-state index contributed by atoms with van der Waals surface area (Å²) in [7, 11) is -3.87. The van der Waals surface area contributed by atoms with Crippen molar-refractivity contribution >= 4 is 27.3 Å². The molecular formula is C24H26N2O4S. The van der Waals surface area contributed by atoms with E-state index in [1.165, 1.54) is 6.07 Å². The van der Waals surface area contributed by atoms with E-state index in [-0.39, 0.29) is 10.5 Å². The standard InChI is InChI=1S/C24H26N2O4S/c1-5-30-21-8-6-7-20(15-21)25-24(27)19-11-10-17(3)23(14-19)31(28,29)26-22-12-9-16(2)13-18(22)4/h6-15,26H,5H2,1-4H3,(H,25,27). The van der Waals surface area contributed by atoms with Crippen LogP contribution in [0.15, 0.2) is 65.6 Å². The average Bonchev–Trinajstić information content (AvgIpc) is 2.71. The van der Waals surface area contributed by atoms with Gasteiger partial charge in [0.15, 0.2) is 0 Å². The first-order valence-corrected chi connectivity index (χ1v) is 11.4. The lowest BCUT2D eigenvalue weighted by atomic mass is 10.1. The van der Waals surface area contributed by atoms with Crippen molar-refractivity contribution in [3.05, 3.63) is 82.9 Å². The monoisotopic (exact) mass is 438 g/mol. The Bertz CT molecular complexity index is 1220. The predicted molar refractivity (Wildman–Crippen MR) is 123 cm³/mol. The van der Waals surface area contributed by atoms with Gasteiger partial charge in [-0.05, 0) is 69.2 Å². The van der Waals surface area contributed by atoms with E-state index in [4.69, 9.17) is 4.74 Å². The van der Waals surface area contributed by atoms with Crippen molar-refractivity contribution in [2.75, 3.05) is 16.6 Å². The highest BCUT2D eigenvalue weighted by Gasteiger charge is 2.20. The highest BCUT2D eigenvalue weighted by molar-refractivity contribution is 7.92. The van der Waals surface area contributed by atoms with Gasteiger partial charge < -0.3 is 10.1 Å². The van der Waals surface area contributed by atoms with Crippen molar-refractivity contribution in [3.63, 3.8) is 0 Å². The van der Waals surface area contributed by atoms with E-state index in [2.05, 4.69) is 10.0 Å². The third-order valence-electron chi connectivity index (χ3n) is 4.77. The van der Waals surface area contributed by atoms with Crippen LogP contribution in [0.1, 0.15) is 34.0 Å². The maximum atomic E-state index is 13.0. The minimum atomic E-state index is -3.87. The van der Waals surface area contributed by atoms with Crippen LogP contribution in [0.25, 0.3) is 0 Å². The Morgan fingerprint density at radius 3 is 2.42 bits per heavy atom. The Hall–Kier alpha value is -3.32. The van der Waals surface area contributed by atoms with Crippen molar-refractivity contribution in [3.8, 4) is 5.75 Å². The minimum Gasteiger partial charge on any atom is -0.494 e. The molecule has 162 valence electrons. The molecule has 7 heteroatoms. The van der Waals surface area contributed by atoms with Crippen LogP contribution in [0.5, 0.6) is 5.75 Å². The number of hydrogen-bond donors (Lipinski definition) is 2. The SMILES string of the molecule is CCOc1cccc(NC(=O)c2ccc(C)c(S(=O)(=O)Nc3ccc(C)cc3C)c2)c1. The summed E-state index contributed by atoms with van der Waals surface area (Å²) in [6, 6.07) is 17.2. The number of benzene rings is 3. The zero-order valence-corrected chi connectivity index (χ0v) is 18.8. The Kier molecular flexibility index (Phi) is 6.65. The van der Waals surface area contributed by atoms with Crippen molar-refractivity contribution in [1.82, 2.24) is 0 Å². The van der Waals surface area contributed by atoms with Gasteiger partial charge in [-0.15, -0.1) is 0 Å². The fraction of sp³-hybridized carbons (Fsp3) is 0.208. The largest absolute Gasteiger partial charge is 0.494 e. The molecule has 0 aromatic heterocycles. The summed E-state index contributed by atoms with van der Waals surface area (Å²) in [5.74, 6) is 0.238. The molecule has 0 aliphatic carbocycles. The number of anilines is 2. The summed E-state index contributed by atoms with van der Waals surface area (Å²) < 4.78 is 34.2. The van der Waals surface area contributed by atoms with Crippen molar-refractivity contribution in [1.29, 1.82) is 0 Å². The average molecular weight is 439 g/mol. The smallest absolute Gasteiger partial charge is 0.262 e. The molecule has 0 heterocycles. The number of sulfonamides is 1. The zero-order chi connectivity index (χ0) is 22.6. The lowest BCUT2D eigenvalue weighted by Crippen LogP contribution is -2.17. The van der Waals surface area contributed by atoms with E-state index in [0.717, 1.165) is 11.1 Å². The van der Waals surface area contributed by atoms with Crippen molar-refractivity contribution < 1.29 is 17.9 Å². The summed E-state index contributed by atoms with van der Waals surface area (Å²) in [5.41, 5.74) is 3.73. The summed E-state index contributed by atoms with van der Waals surface area (Å²) in [6.45, 7) is 7.89. The number of amides is 1. The van der Waals surface area contributed by atoms with Gasteiger partial charge in [0.05, 0.1) is 17.2 Å². The number of ether oxygens (including phenoxy) is 1. The Morgan fingerprint density at radius 1 is 0.935 bits per heavy atom. The zero-order valence-electron chi connectivity index (χ0n) is 18.0. The Labute approximate surface area is 183 Å². The number of carbonyl (C=O) groups excluding carboxylic acids is 1. The molecule has 0 radical (unpaired) electrons. The van der Waals surface area contributed by atoms with Gasteiger partial charge in [-0.1, -0.05) is 29.8 Å². The highest BCUT2D eigenvalue weighted by Crippen LogP contribution is 2.24. The second kappa shape index (κ2) is 9.22. The summed E-state index contributed by atoms with van der Waals surface area (Å²) >= 11 is 0. The molecule has 6 nitrogen and oxygen atoms in total. The normalized spacial score (nSPS) is 11.1. The van der Waals surface area contributed by atoms with E-state index in [1.807, 2.05) is 32.9 Å². The van der Waals surface area contributed by atoms with Crippen LogP contribution >= 0.6 is 0 Å². The lowest BCUT2D eigenvalue weighted by Gasteiger charge is -2.14. The first-order chi connectivity index (χ1) is 14.7. The van der Waals surface area contributed by atoms with Crippen molar-refractivity contribution in [2.45, 2.75) is 32.6 Å². The topological polar surface area (TPSA) is 84.5 Å². The van der Waals surface area contributed by atoms with Crippen LogP contribution < -0.4 is 14.8 Å². The van der Waals surface area contributed by atoms with Gasteiger partial charge in [0.25, 0.3) is 15.9 Å². The van der Waals surface area contributed by atoms with Gasteiger partial charge in [0, 0.05) is 17.3 Å². The fourth-order valence-corrected chi connectivity index (χ4v) is 4.59. The number of nitrogens with one attached hydrogen (secondary N) is 2. The van der Waals surface area contributed by atoms with Gasteiger partial charge in [0.1, 0.15) is 5.75 Å². The van der Waals surface area contributed by atoms with Gasteiger partial charge in [-0.25, -0.2) is 8.42 Å². The third-order valence-corrected chi connectivity index (χ3v) is 6.28. The molecular weight excluding hydrogens is 412 g/mol. The van der Waals surface area contributed by atoms with Crippen molar-refractivity contribution in [2.24, 2.45) is 0 Å². The first-order valence-electron chi connectivity index (χ1n) is 9.94. The van der Waals surface area contributed by atoms with Crippen LogP contribution in [-0.2, 0) is 10.0 Å². The van der Waals surface area contributed by atoms with Crippen LogP contribution in [0.3, 0.4) is 0 Å². The second-order valence-corrected chi connectivity index (χ2v) is 8.97. The maximum Gasteiger partial charge on any atom is 0.262 e. The molecule has 0 bridgehead atoms. The third kappa shape index (κ3) is 5.44. The van der Waals surface area contributed by atoms with E-state index < -0.39 is 15.9 Å². The van der Waals surface area contributed by atoms with Gasteiger partial charge >= 0.3 is 0 Å². The fourth-order valence-electron chi connectivity index (χ4n) is 3.19. The van der Waals surface area contributed by atoms with E-state index in [9.17, 15) is 13.2 Å². The number of hydrogen-bond acceptors (Lipinski definition) is 4. The Balaban J connectivity index is 1.86. The molecule has 31 heavy (non-hydrogen) atoms.